The summed E-state index contributed by atoms with van der Waals surface area (Å²) < 4.78 is 0. The Bertz CT molecular complexity index is 478. The molecule has 2 heterocycles. The Kier molecular flexibility index (Phi) is 5.00. The topological polar surface area (TPSA) is 54.0 Å². The van der Waals surface area contributed by atoms with Crippen LogP contribution in [0.2, 0.25) is 5.15 Å². The molecule has 1 aromatic rings. The number of anilines is 1. The van der Waals surface area contributed by atoms with Crippen LogP contribution in [0, 0.1) is 12.3 Å². The fraction of sp³-hybridized carbons (Fsp3) is 0.600. The maximum absolute atomic E-state index is 12.7. The molecule has 0 bridgehead atoms. The van der Waals surface area contributed by atoms with E-state index in [9.17, 15) is 4.79 Å². The highest BCUT2D eigenvalue weighted by atomic mass is 35.5. The van der Waals surface area contributed by atoms with Gasteiger partial charge in [-0.15, -0.1) is 0 Å². The number of hydrogen-bond donors (Lipinski definition) is 2. The van der Waals surface area contributed by atoms with E-state index < -0.39 is 0 Å². The molecule has 1 saturated heterocycles. The van der Waals surface area contributed by atoms with E-state index in [-0.39, 0.29) is 11.3 Å². The second kappa shape index (κ2) is 6.55. The molecule has 1 fully saturated rings. The predicted molar refractivity (Wildman–Crippen MR) is 82.1 cm³/mol. The zero-order valence-corrected chi connectivity index (χ0v) is 12.9. The third-order valence-electron chi connectivity index (χ3n) is 4.07. The van der Waals surface area contributed by atoms with Crippen LogP contribution in [0.1, 0.15) is 38.3 Å². The van der Waals surface area contributed by atoms with E-state index in [2.05, 4.69) is 22.5 Å². The number of carbonyl (C=O) groups is 1. The molecule has 20 heavy (non-hydrogen) atoms. The standard InChI is InChI=1S/C15H22ClN3O/c1-3-6-15(7-9-17-10-8-15)14(20)19-12-4-5-13(16)18-11(12)2/h4-5,17H,3,6-10H2,1-2H3,(H,19,20). The number of aryl methyl sites for hydroxylation is 1. The Morgan fingerprint density at radius 2 is 2.15 bits per heavy atom. The predicted octanol–water partition coefficient (Wildman–Crippen LogP) is 3.15. The molecule has 0 spiro atoms. The lowest BCUT2D eigenvalue weighted by atomic mass is 9.74. The van der Waals surface area contributed by atoms with Crippen LogP contribution in [0.5, 0.6) is 0 Å². The Morgan fingerprint density at radius 3 is 2.75 bits per heavy atom. The van der Waals surface area contributed by atoms with Crippen LogP contribution >= 0.6 is 11.6 Å². The minimum Gasteiger partial charge on any atom is -0.324 e. The highest BCUT2D eigenvalue weighted by molar-refractivity contribution is 6.29. The third-order valence-corrected chi connectivity index (χ3v) is 4.28. The first-order valence-corrected chi connectivity index (χ1v) is 7.60. The molecule has 0 saturated carbocycles. The monoisotopic (exact) mass is 295 g/mol. The first-order valence-electron chi connectivity index (χ1n) is 7.23. The molecule has 4 nitrogen and oxygen atoms in total. The lowest BCUT2D eigenvalue weighted by molar-refractivity contribution is -0.127. The van der Waals surface area contributed by atoms with Gasteiger partial charge in [-0.25, -0.2) is 4.98 Å². The molecule has 0 radical (unpaired) electrons. The molecular formula is C15H22ClN3O. The molecule has 0 unspecified atom stereocenters. The van der Waals surface area contributed by atoms with E-state index in [0.29, 0.717) is 5.15 Å². The van der Waals surface area contributed by atoms with Gasteiger partial charge in [0.1, 0.15) is 5.15 Å². The number of halogens is 1. The van der Waals surface area contributed by atoms with E-state index >= 15 is 0 Å². The molecule has 1 amide bonds. The van der Waals surface area contributed by atoms with Crippen LogP contribution in [0.4, 0.5) is 5.69 Å². The second-order valence-electron chi connectivity index (χ2n) is 5.50. The van der Waals surface area contributed by atoms with Crippen LogP contribution in [0.25, 0.3) is 0 Å². The van der Waals surface area contributed by atoms with Gasteiger partial charge in [-0.2, -0.15) is 0 Å². The summed E-state index contributed by atoms with van der Waals surface area (Å²) >= 11 is 5.85. The lowest BCUT2D eigenvalue weighted by Crippen LogP contribution is -2.45. The van der Waals surface area contributed by atoms with Crippen molar-refractivity contribution in [1.29, 1.82) is 0 Å². The Balaban J connectivity index is 2.15. The Labute approximate surface area is 125 Å². The van der Waals surface area contributed by atoms with Crippen molar-refractivity contribution in [2.75, 3.05) is 18.4 Å². The molecule has 0 atom stereocenters. The van der Waals surface area contributed by atoms with Crippen molar-refractivity contribution in [3.63, 3.8) is 0 Å². The van der Waals surface area contributed by atoms with Gasteiger partial charge in [0.25, 0.3) is 0 Å². The average Bonchev–Trinajstić information content (AvgIpc) is 2.43. The first kappa shape index (κ1) is 15.3. The van der Waals surface area contributed by atoms with Gasteiger partial charge < -0.3 is 10.6 Å². The zero-order valence-electron chi connectivity index (χ0n) is 12.1. The van der Waals surface area contributed by atoms with Gasteiger partial charge in [-0.3, -0.25) is 4.79 Å². The number of hydrogen-bond acceptors (Lipinski definition) is 3. The van der Waals surface area contributed by atoms with Crippen molar-refractivity contribution in [3.8, 4) is 0 Å². The number of pyridine rings is 1. The second-order valence-corrected chi connectivity index (χ2v) is 5.89. The molecule has 2 N–H and O–H groups in total. The zero-order chi connectivity index (χ0) is 14.6. The number of aromatic nitrogens is 1. The van der Waals surface area contributed by atoms with Crippen LogP contribution in [0.3, 0.4) is 0 Å². The van der Waals surface area contributed by atoms with Crippen molar-refractivity contribution >= 4 is 23.2 Å². The largest absolute Gasteiger partial charge is 0.324 e. The quantitative estimate of drug-likeness (QED) is 0.839. The summed E-state index contributed by atoms with van der Waals surface area (Å²) in [6, 6.07) is 3.53. The van der Waals surface area contributed by atoms with Gasteiger partial charge in [0.15, 0.2) is 0 Å². The van der Waals surface area contributed by atoms with E-state index in [4.69, 9.17) is 11.6 Å². The molecule has 1 aliphatic rings. The summed E-state index contributed by atoms with van der Waals surface area (Å²) in [6.07, 6.45) is 3.74. The third kappa shape index (κ3) is 3.30. The summed E-state index contributed by atoms with van der Waals surface area (Å²) in [5.41, 5.74) is 1.27. The van der Waals surface area contributed by atoms with E-state index in [1.54, 1.807) is 6.07 Å². The first-order chi connectivity index (χ1) is 9.57. The van der Waals surface area contributed by atoms with Gasteiger partial charge in [0.05, 0.1) is 16.8 Å². The minimum absolute atomic E-state index is 0.119. The number of rotatable bonds is 4. The normalized spacial score (nSPS) is 17.8. The number of nitrogens with zero attached hydrogens (tertiary/aromatic N) is 1. The van der Waals surface area contributed by atoms with Crippen molar-refractivity contribution in [2.45, 2.75) is 39.5 Å². The molecule has 110 valence electrons. The number of amides is 1. The van der Waals surface area contributed by atoms with Crippen molar-refractivity contribution in [3.05, 3.63) is 23.0 Å². The summed E-state index contributed by atoms with van der Waals surface area (Å²) in [5, 5.41) is 6.82. The lowest BCUT2D eigenvalue weighted by Gasteiger charge is -2.36. The highest BCUT2D eigenvalue weighted by Crippen LogP contribution is 2.35. The molecule has 0 aliphatic carbocycles. The van der Waals surface area contributed by atoms with Gasteiger partial charge in [0.2, 0.25) is 5.91 Å². The summed E-state index contributed by atoms with van der Waals surface area (Å²) in [7, 11) is 0. The van der Waals surface area contributed by atoms with Crippen LogP contribution in [-0.2, 0) is 4.79 Å². The average molecular weight is 296 g/mol. The van der Waals surface area contributed by atoms with E-state index in [0.717, 1.165) is 50.2 Å². The molecule has 1 aliphatic heterocycles. The molecule has 0 aromatic carbocycles. The van der Waals surface area contributed by atoms with Crippen LogP contribution in [0.15, 0.2) is 12.1 Å². The van der Waals surface area contributed by atoms with Crippen molar-refractivity contribution < 1.29 is 4.79 Å². The summed E-state index contributed by atoms with van der Waals surface area (Å²) in [5.74, 6) is 0.119. The molecule has 5 heteroatoms. The SMILES string of the molecule is CCCC1(C(=O)Nc2ccc(Cl)nc2C)CCNCC1. The van der Waals surface area contributed by atoms with Gasteiger partial charge >= 0.3 is 0 Å². The van der Waals surface area contributed by atoms with Crippen molar-refractivity contribution in [2.24, 2.45) is 5.41 Å². The maximum atomic E-state index is 12.7. The molecule has 2 rings (SSSR count). The maximum Gasteiger partial charge on any atom is 0.230 e. The highest BCUT2D eigenvalue weighted by Gasteiger charge is 2.38. The molecule has 1 aromatic heterocycles. The smallest absolute Gasteiger partial charge is 0.230 e. The Hall–Kier alpha value is -1.13. The van der Waals surface area contributed by atoms with E-state index in [1.165, 1.54) is 0 Å². The minimum atomic E-state index is -0.244. The Morgan fingerprint density at radius 1 is 1.45 bits per heavy atom. The summed E-state index contributed by atoms with van der Waals surface area (Å²) in [4.78, 5) is 16.9. The van der Waals surface area contributed by atoms with Crippen molar-refractivity contribution in [1.82, 2.24) is 10.3 Å². The van der Waals surface area contributed by atoms with Crippen LogP contribution in [-0.4, -0.2) is 24.0 Å². The number of nitrogens with one attached hydrogen (secondary N) is 2. The number of carbonyl (C=O) groups excluding carboxylic acids is 1. The summed E-state index contributed by atoms with van der Waals surface area (Å²) in [6.45, 7) is 5.80. The van der Waals surface area contributed by atoms with Gasteiger partial charge in [-0.05, 0) is 51.4 Å². The van der Waals surface area contributed by atoms with Gasteiger partial charge in [0, 0.05) is 0 Å². The fourth-order valence-corrected chi connectivity index (χ4v) is 3.08. The fourth-order valence-electron chi connectivity index (χ4n) is 2.89. The van der Waals surface area contributed by atoms with E-state index in [1.807, 2.05) is 13.0 Å². The number of piperidine rings is 1. The molecular weight excluding hydrogens is 274 g/mol. The van der Waals surface area contributed by atoms with Crippen LogP contribution < -0.4 is 10.6 Å². The van der Waals surface area contributed by atoms with Gasteiger partial charge in [-0.1, -0.05) is 24.9 Å².